The van der Waals surface area contributed by atoms with Gasteiger partial charge < -0.3 is 10.2 Å². The standard InChI is InChI=1S/C18H20F3N3OS/c1-12-15(16(25)22-8-11-24-9-2-3-10-24)26-17(23-12)13-4-6-14(7-5-13)18(19,20)21/h4-7H,2-3,8-11H2,1H3,(H,22,25). The zero-order chi connectivity index (χ0) is 18.7. The molecule has 1 N–H and O–H groups in total. The molecule has 1 aromatic carbocycles. The predicted octanol–water partition coefficient (Wildman–Crippen LogP) is 3.96. The maximum absolute atomic E-state index is 12.7. The molecule has 2 heterocycles. The maximum atomic E-state index is 12.7. The number of halogens is 3. The number of carbonyl (C=O) groups excluding carboxylic acids is 1. The largest absolute Gasteiger partial charge is 0.416 e. The molecule has 0 unspecified atom stereocenters. The minimum absolute atomic E-state index is 0.183. The van der Waals surface area contributed by atoms with Crippen molar-refractivity contribution in [2.24, 2.45) is 0 Å². The Morgan fingerprint density at radius 2 is 1.88 bits per heavy atom. The van der Waals surface area contributed by atoms with Gasteiger partial charge in [-0.05, 0) is 45.0 Å². The number of amides is 1. The van der Waals surface area contributed by atoms with E-state index in [0.29, 0.717) is 27.7 Å². The summed E-state index contributed by atoms with van der Waals surface area (Å²) in [5.41, 5.74) is 0.459. The summed E-state index contributed by atoms with van der Waals surface area (Å²) in [6, 6.07) is 4.83. The Bertz CT molecular complexity index is 765. The Kier molecular flexibility index (Phi) is 5.62. The van der Waals surface area contributed by atoms with Crippen LogP contribution in [0.4, 0.5) is 13.2 Å². The summed E-state index contributed by atoms with van der Waals surface area (Å²) in [5, 5.41) is 3.44. The normalized spacial score (nSPS) is 15.4. The van der Waals surface area contributed by atoms with Gasteiger partial charge in [-0.2, -0.15) is 13.2 Å². The molecule has 4 nitrogen and oxygen atoms in total. The van der Waals surface area contributed by atoms with Crippen LogP contribution < -0.4 is 5.32 Å². The molecule has 3 rings (SSSR count). The number of benzene rings is 1. The lowest BCUT2D eigenvalue weighted by atomic mass is 10.1. The highest BCUT2D eigenvalue weighted by atomic mass is 32.1. The fourth-order valence-electron chi connectivity index (χ4n) is 2.95. The van der Waals surface area contributed by atoms with Crippen LogP contribution in [0.3, 0.4) is 0 Å². The van der Waals surface area contributed by atoms with Gasteiger partial charge in [0.2, 0.25) is 0 Å². The van der Waals surface area contributed by atoms with Gasteiger partial charge >= 0.3 is 6.18 Å². The molecule has 1 aliphatic heterocycles. The number of likely N-dealkylation sites (tertiary alicyclic amines) is 1. The van der Waals surface area contributed by atoms with Gasteiger partial charge in [-0.15, -0.1) is 11.3 Å². The number of aryl methyl sites for hydroxylation is 1. The highest BCUT2D eigenvalue weighted by molar-refractivity contribution is 7.17. The first-order valence-corrected chi connectivity index (χ1v) is 9.32. The number of thiazole rings is 1. The van der Waals surface area contributed by atoms with Crippen LogP contribution in [0.2, 0.25) is 0 Å². The molecule has 0 radical (unpaired) electrons. The SMILES string of the molecule is Cc1nc(-c2ccc(C(F)(F)F)cc2)sc1C(=O)NCCN1CCCC1. The van der Waals surface area contributed by atoms with E-state index < -0.39 is 11.7 Å². The van der Waals surface area contributed by atoms with Crippen LogP contribution in [-0.4, -0.2) is 42.0 Å². The minimum Gasteiger partial charge on any atom is -0.350 e. The smallest absolute Gasteiger partial charge is 0.350 e. The number of rotatable bonds is 5. The summed E-state index contributed by atoms with van der Waals surface area (Å²) in [5.74, 6) is -0.183. The van der Waals surface area contributed by atoms with Crippen LogP contribution in [0.15, 0.2) is 24.3 Å². The summed E-state index contributed by atoms with van der Waals surface area (Å²) in [6.07, 6.45) is -1.95. The second-order valence-corrected chi connectivity index (χ2v) is 7.31. The van der Waals surface area contributed by atoms with Gasteiger partial charge in [-0.25, -0.2) is 4.98 Å². The zero-order valence-electron chi connectivity index (χ0n) is 14.4. The fourth-order valence-corrected chi connectivity index (χ4v) is 3.93. The molecule has 1 fully saturated rings. The van der Waals surface area contributed by atoms with E-state index in [-0.39, 0.29) is 5.91 Å². The number of hydrogen-bond acceptors (Lipinski definition) is 4. The lowest BCUT2D eigenvalue weighted by molar-refractivity contribution is -0.137. The molecule has 0 saturated carbocycles. The van der Waals surface area contributed by atoms with Crippen LogP contribution in [-0.2, 0) is 6.18 Å². The topological polar surface area (TPSA) is 45.2 Å². The van der Waals surface area contributed by atoms with Gasteiger partial charge in [0.1, 0.15) is 9.88 Å². The molecule has 0 bridgehead atoms. The van der Waals surface area contributed by atoms with Crippen molar-refractivity contribution >= 4 is 17.2 Å². The number of hydrogen-bond donors (Lipinski definition) is 1. The predicted molar refractivity (Wildman–Crippen MR) is 95.3 cm³/mol. The third-order valence-corrected chi connectivity index (χ3v) is 5.58. The van der Waals surface area contributed by atoms with Crippen LogP contribution in [0.5, 0.6) is 0 Å². The highest BCUT2D eigenvalue weighted by Gasteiger charge is 2.30. The number of carbonyl (C=O) groups is 1. The monoisotopic (exact) mass is 383 g/mol. The van der Waals surface area contributed by atoms with Crippen molar-refractivity contribution < 1.29 is 18.0 Å². The average molecular weight is 383 g/mol. The van der Waals surface area contributed by atoms with Crippen LogP contribution in [0, 0.1) is 6.92 Å². The summed E-state index contributed by atoms with van der Waals surface area (Å²) in [6.45, 7) is 5.29. The molecule has 140 valence electrons. The molecule has 1 amide bonds. The number of nitrogens with one attached hydrogen (secondary N) is 1. The number of aromatic nitrogens is 1. The van der Waals surface area contributed by atoms with Crippen LogP contribution in [0.25, 0.3) is 10.6 Å². The summed E-state index contributed by atoms with van der Waals surface area (Å²) in [7, 11) is 0. The molecular formula is C18H20F3N3OS. The van der Waals surface area contributed by atoms with Crippen LogP contribution in [0.1, 0.15) is 33.8 Å². The van der Waals surface area contributed by atoms with E-state index >= 15 is 0 Å². The Morgan fingerprint density at radius 1 is 1.23 bits per heavy atom. The molecular weight excluding hydrogens is 363 g/mol. The third-order valence-electron chi connectivity index (χ3n) is 4.37. The van der Waals surface area contributed by atoms with E-state index in [4.69, 9.17) is 0 Å². The Hall–Kier alpha value is -1.93. The number of alkyl halides is 3. The molecule has 1 saturated heterocycles. The van der Waals surface area contributed by atoms with E-state index in [9.17, 15) is 18.0 Å². The molecule has 26 heavy (non-hydrogen) atoms. The maximum Gasteiger partial charge on any atom is 0.416 e. The summed E-state index contributed by atoms with van der Waals surface area (Å²) in [4.78, 5) is 19.5. The van der Waals surface area contributed by atoms with Crippen molar-refractivity contribution in [3.8, 4) is 10.6 Å². The zero-order valence-corrected chi connectivity index (χ0v) is 15.2. The highest BCUT2D eigenvalue weighted by Crippen LogP contribution is 2.32. The van der Waals surface area contributed by atoms with E-state index in [2.05, 4.69) is 15.2 Å². The first kappa shape index (κ1) is 18.8. The average Bonchev–Trinajstić information content (AvgIpc) is 3.24. The fraction of sp³-hybridized carbons (Fsp3) is 0.444. The van der Waals surface area contributed by atoms with Crippen molar-refractivity contribution in [1.82, 2.24) is 15.2 Å². The second-order valence-electron chi connectivity index (χ2n) is 6.31. The molecule has 1 aliphatic rings. The first-order chi connectivity index (χ1) is 12.3. The van der Waals surface area contributed by atoms with Crippen molar-refractivity contribution in [1.29, 1.82) is 0 Å². The minimum atomic E-state index is -4.36. The van der Waals surface area contributed by atoms with Gasteiger partial charge in [0.25, 0.3) is 5.91 Å². The quantitative estimate of drug-likeness (QED) is 0.850. The van der Waals surface area contributed by atoms with Crippen molar-refractivity contribution in [2.75, 3.05) is 26.2 Å². The summed E-state index contributed by atoms with van der Waals surface area (Å²) < 4.78 is 38.0. The van der Waals surface area contributed by atoms with Crippen LogP contribution >= 0.6 is 11.3 Å². The van der Waals surface area contributed by atoms with Crippen molar-refractivity contribution in [2.45, 2.75) is 25.9 Å². The van der Waals surface area contributed by atoms with Gasteiger partial charge in [-0.1, -0.05) is 12.1 Å². The van der Waals surface area contributed by atoms with Gasteiger partial charge in [0, 0.05) is 18.7 Å². The van der Waals surface area contributed by atoms with Crippen molar-refractivity contribution in [3.63, 3.8) is 0 Å². The molecule has 0 spiro atoms. The molecule has 8 heteroatoms. The van der Waals surface area contributed by atoms with Gasteiger partial charge in [-0.3, -0.25) is 4.79 Å². The second kappa shape index (κ2) is 7.75. The molecule has 0 aliphatic carbocycles. The molecule has 2 aromatic rings. The lowest BCUT2D eigenvalue weighted by Gasteiger charge is -2.14. The Morgan fingerprint density at radius 3 is 2.50 bits per heavy atom. The van der Waals surface area contributed by atoms with E-state index in [0.717, 1.165) is 31.8 Å². The lowest BCUT2D eigenvalue weighted by Crippen LogP contribution is -2.33. The first-order valence-electron chi connectivity index (χ1n) is 8.50. The Labute approximate surface area is 154 Å². The third kappa shape index (κ3) is 4.42. The van der Waals surface area contributed by atoms with Crippen molar-refractivity contribution in [3.05, 3.63) is 40.4 Å². The van der Waals surface area contributed by atoms with Gasteiger partial charge in [0.15, 0.2) is 0 Å². The molecule has 1 aromatic heterocycles. The van der Waals surface area contributed by atoms with E-state index in [1.54, 1.807) is 6.92 Å². The van der Waals surface area contributed by atoms with E-state index in [1.165, 1.54) is 36.3 Å². The van der Waals surface area contributed by atoms with Gasteiger partial charge in [0.05, 0.1) is 11.3 Å². The van der Waals surface area contributed by atoms with E-state index in [1.807, 2.05) is 0 Å². The number of nitrogens with zero attached hydrogens (tertiary/aromatic N) is 2. The summed E-state index contributed by atoms with van der Waals surface area (Å²) >= 11 is 1.20. The Balaban J connectivity index is 1.65. The molecule has 0 atom stereocenters.